The number of unbranched alkanes of at least 4 members (excludes halogenated alkanes) is 2. The van der Waals surface area contributed by atoms with Gasteiger partial charge in [0.2, 0.25) is 0 Å². The number of hydrogen-bond donors (Lipinski definition) is 2. The van der Waals surface area contributed by atoms with E-state index in [2.05, 4.69) is 22.7 Å². The Morgan fingerprint density at radius 3 is 2.56 bits per heavy atom. The molecule has 1 aromatic carbocycles. The van der Waals surface area contributed by atoms with Crippen LogP contribution in [-0.4, -0.2) is 34.9 Å². The number of urea groups is 1. The van der Waals surface area contributed by atoms with Crippen LogP contribution in [0.3, 0.4) is 0 Å². The lowest BCUT2D eigenvalue weighted by Gasteiger charge is -2.08. The maximum atomic E-state index is 11.8. The SMILES string of the molecule is CCCCCNC(=O)Nc1ccc(-n2ccc(C(=O)OCC)n2)cc1. The number of ether oxygens (including phenoxy) is 1. The molecule has 0 fully saturated rings. The number of aromatic nitrogens is 2. The van der Waals surface area contributed by atoms with E-state index in [-0.39, 0.29) is 11.7 Å². The van der Waals surface area contributed by atoms with Gasteiger partial charge in [0.05, 0.1) is 12.3 Å². The second-order valence-electron chi connectivity index (χ2n) is 5.50. The van der Waals surface area contributed by atoms with Crippen LogP contribution in [0, 0.1) is 0 Å². The van der Waals surface area contributed by atoms with Crippen LogP contribution in [0.5, 0.6) is 0 Å². The zero-order valence-electron chi connectivity index (χ0n) is 14.6. The average molecular weight is 344 g/mol. The molecule has 0 saturated heterocycles. The molecule has 0 spiro atoms. The van der Waals surface area contributed by atoms with E-state index in [1.165, 1.54) is 0 Å². The number of benzene rings is 1. The van der Waals surface area contributed by atoms with Gasteiger partial charge in [-0.1, -0.05) is 19.8 Å². The van der Waals surface area contributed by atoms with Gasteiger partial charge in [-0.05, 0) is 43.7 Å². The zero-order valence-corrected chi connectivity index (χ0v) is 14.6. The Labute approximate surface area is 147 Å². The first-order valence-corrected chi connectivity index (χ1v) is 8.52. The highest BCUT2D eigenvalue weighted by Gasteiger charge is 2.11. The van der Waals surface area contributed by atoms with Crippen molar-refractivity contribution in [2.45, 2.75) is 33.1 Å². The summed E-state index contributed by atoms with van der Waals surface area (Å²) >= 11 is 0. The molecule has 0 saturated carbocycles. The molecule has 25 heavy (non-hydrogen) atoms. The molecule has 0 aliphatic carbocycles. The number of carbonyl (C=O) groups excluding carboxylic acids is 2. The summed E-state index contributed by atoms with van der Waals surface area (Å²) in [4.78, 5) is 23.4. The Morgan fingerprint density at radius 2 is 1.88 bits per heavy atom. The standard InChI is InChI=1S/C18H24N4O3/c1-3-5-6-12-19-18(24)20-14-7-9-15(10-8-14)22-13-11-16(21-22)17(23)25-4-2/h7-11,13H,3-6,12H2,1-2H3,(H2,19,20,24). The predicted molar refractivity (Wildman–Crippen MR) is 96.1 cm³/mol. The molecule has 7 heteroatoms. The van der Waals surface area contributed by atoms with E-state index in [0.717, 1.165) is 24.9 Å². The topological polar surface area (TPSA) is 85.2 Å². The number of anilines is 1. The van der Waals surface area contributed by atoms with E-state index in [1.807, 2.05) is 12.1 Å². The highest BCUT2D eigenvalue weighted by molar-refractivity contribution is 5.89. The normalized spacial score (nSPS) is 10.3. The largest absolute Gasteiger partial charge is 0.461 e. The van der Waals surface area contributed by atoms with Gasteiger partial charge in [-0.2, -0.15) is 5.10 Å². The van der Waals surface area contributed by atoms with Crippen LogP contribution in [0.1, 0.15) is 43.6 Å². The molecule has 1 aromatic heterocycles. The van der Waals surface area contributed by atoms with Crippen molar-refractivity contribution < 1.29 is 14.3 Å². The number of esters is 1. The van der Waals surface area contributed by atoms with Crippen molar-refractivity contribution in [3.63, 3.8) is 0 Å². The number of rotatable bonds is 8. The van der Waals surface area contributed by atoms with Crippen molar-refractivity contribution in [3.05, 3.63) is 42.2 Å². The van der Waals surface area contributed by atoms with E-state index in [9.17, 15) is 9.59 Å². The molecular weight excluding hydrogens is 320 g/mol. The van der Waals surface area contributed by atoms with Crippen molar-refractivity contribution >= 4 is 17.7 Å². The minimum absolute atomic E-state index is 0.215. The lowest BCUT2D eigenvalue weighted by Crippen LogP contribution is -2.29. The fourth-order valence-corrected chi connectivity index (χ4v) is 2.23. The van der Waals surface area contributed by atoms with Gasteiger partial charge in [0.25, 0.3) is 0 Å². The first-order chi connectivity index (χ1) is 12.1. The predicted octanol–water partition coefficient (Wildman–Crippen LogP) is 3.36. The monoisotopic (exact) mass is 344 g/mol. The third kappa shape index (κ3) is 5.63. The van der Waals surface area contributed by atoms with E-state index >= 15 is 0 Å². The molecule has 0 bridgehead atoms. The molecule has 0 aliphatic rings. The second-order valence-corrected chi connectivity index (χ2v) is 5.50. The second kappa shape index (κ2) is 9.46. The van der Waals surface area contributed by atoms with Gasteiger partial charge in [-0.25, -0.2) is 14.3 Å². The van der Waals surface area contributed by atoms with Crippen molar-refractivity contribution in [2.75, 3.05) is 18.5 Å². The van der Waals surface area contributed by atoms with Crippen molar-refractivity contribution in [3.8, 4) is 5.69 Å². The molecule has 1 heterocycles. The van der Waals surface area contributed by atoms with E-state index in [4.69, 9.17) is 4.74 Å². The van der Waals surface area contributed by atoms with Gasteiger partial charge in [0.15, 0.2) is 5.69 Å². The van der Waals surface area contributed by atoms with Gasteiger partial charge in [-0.3, -0.25) is 0 Å². The molecule has 2 amide bonds. The van der Waals surface area contributed by atoms with Crippen LogP contribution in [0.25, 0.3) is 5.69 Å². The number of amides is 2. The van der Waals surface area contributed by atoms with Crippen molar-refractivity contribution in [1.29, 1.82) is 0 Å². The third-order valence-corrected chi connectivity index (χ3v) is 3.53. The highest BCUT2D eigenvalue weighted by Crippen LogP contribution is 2.13. The molecule has 134 valence electrons. The van der Waals surface area contributed by atoms with Crippen LogP contribution in [-0.2, 0) is 4.74 Å². The maximum absolute atomic E-state index is 11.8. The molecule has 2 N–H and O–H groups in total. The Kier molecular flexibility index (Phi) is 7.00. The molecule has 0 radical (unpaired) electrons. The summed E-state index contributed by atoms with van der Waals surface area (Å²) in [6.07, 6.45) is 4.89. The fourth-order valence-electron chi connectivity index (χ4n) is 2.23. The molecular formula is C18H24N4O3. The lowest BCUT2D eigenvalue weighted by atomic mass is 10.2. The maximum Gasteiger partial charge on any atom is 0.358 e. The number of hydrogen-bond acceptors (Lipinski definition) is 4. The van der Waals surface area contributed by atoms with Gasteiger partial charge >= 0.3 is 12.0 Å². The van der Waals surface area contributed by atoms with Crippen LogP contribution >= 0.6 is 0 Å². The van der Waals surface area contributed by atoms with Crippen LogP contribution in [0.4, 0.5) is 10.5 Å². The molecule has 0 aliphatic heterocycles. The average Bonchev–Trinajstić information content (AvgIpc) is 3.10. The molecule has 2 rings (SSSR count). The minimum Gasteiger partial charge on any atom is -0.461 e. The fraction of sp³-hybridized carbons (Fsp3) is 0.389. The minimum atomic E-state index is -0.445. The quantitative estimate of drug-likeness (QED) is 0.568. The van der Waals surface area contributed by atoms with Crippen LogP contribution < -0.4 is 10.6 Å². The number of nitrogens with one attached hydrogen (secondary N) is 2. The van der Waals surface area contributed by atoms with Crippen molar-refractivity contribution in [2.24, 2.45) is 0 Å². The summed E-state index contributed by atoms with van der Waals surface area (Å²) in [5, 5.41) is 9.79. The zero-order chi connectivity index (χ0) is 18.1. The van der Waals surface area contributed by atoms with Gasteiger partial charge < -0.3 is 15.4 Å². The number of nitrogens with zero attached hydrogens (tertiary/aromatic N) is 2. The first kappa shape index (κ1) is 18.5. The summed E-state index contributed by atoms with van der Waals surface area (Å²) in [5.41, 5.74) is 1.73. The van der Waals surface area contributed by atoms with Crippen LogP contribution in [0.2, 0.25) is 0 Å². The van der Waals surface area contributed by atoms with Gasteiger partial charge in [0, 0.05) is 18.4 Å². The third-order valence-electron chi connectivity index (χ3n) is 3.53. The van der Waals surface area contributed by atoms with Crippen LogP contribution in [0.15, 0.2) is 36.5 Å². The summed E-state index contributed by atoms with van der Waals surface area (Å²) in [6, 6.07) is 8.59. The summed E-state index contributed by atoms with van der Waals surface area (Å²) in [5.74, 6) is -0.445. The number of carbonyl (C=O) groups is 2. The summed E-state index contributed by atoms with van der Waals surface area (Å²) in [7, 11) is 0. The Bertz CT molecular complexity index is 695. The molecule has 0 atom stereocenters. The van der Waals surface area contributed by atoms with E-state index < -0.39 is 5.97 Å². The smallest absolute Gasteiger partial charge is 0.358 e. The Balaban J connectivity index is 1.91. The first-order valence-electron chi connectivity index (χ1n) is 8.52. The van der Waals surface area contributed by atoms with E-state index in [0.29, 0.717) is 18.8 Å². The van der Waals surface area contributed by atoms with Crippen molar-refractivity contribution in [1.82, 2.24) is 15.1 Å². The highest BCUT2D eigenvalue weighted by atomic mass is 16.5. The molecule has 7 nitrogen and oxygen atoms in total. The lowest BCUT2D eigenvalue weighted by molar-refractivity contribution is 0.0519. The van der Waals surface area contributed by atoms with E-state index in [1.54, 1.807) is 36.0 Å². The Hall–Kier alpha value is -2.83. The summed E-state index contributed by atoms with van der Waals surface area (Å²) < 4.78 is 6.50. The molecule has 2 aromatic rings. The van der Waals surface area contributed by atoms with Gasteiger partial charge in [-0.15, -0.1) is 0 Å². The summed E-state index contributed by atoms with van der Waals surface area (Å²) in [6.45, 7) is 4.85. The molecule has 0 unspecified atom stereocenters. The van der Waals surface area contributed by atoms with Gasteiger partial charge in [0.1, 0.15) is 0 Å². The Morgan fingerprint density at radius 1 is 1.12 bits per heavy atom.